The Bertz CT molecular complexity index is 1240. The minimum atomic E-state index is -0.839. The minimum absolute atomic E-state index is 0.230. The first-order chi connectivity index (χ1) is 19.1. The van der Waals surface area contributed by atoms with Gasteiger partial charge in [-0.05, 0) is 96.5 Å². The first-order valence-corrected chi connectivity index (χ1v) is 13.6. The van der Waals surface area contributed by atoms with Gasteiger partial charge in [-0.1, -0.05) is 11.6 Å². The molecule has 0 aromatic heterocycles. The largest absolute Gasteiger partial charge is 0.457 e. The van der Waals surface area contributed by atoms with Crippen molar-refractivity contribution in [3.05, 3.63) is 53.6 Å². The SMILES string of the molecule is CC(C)(C)OC(=O)NCC(=O)N[C@H]1CN[C@H](C(=O)N(C(=O)OC(C)(C)C)c2ccc(Oc3ccc(Cl)cc3)cc2)C1. The lowest BCUT2D eigenvalue weighted by Crippen LogP contribution is -2.48. The van der Waals surface area contributed by atoms with Crippen molar-refractivity contribution in [2.24, 2.45) is 0 Å². The second-order valence-electron chi connectivity index (χ2n) is 11.5. The summed E-state index contributed by atoms with van der Waals surface area (Å²) in [7, 11) is 0. The van der Waals surface area contributed by atoms with Gasteiger partial charge in [0, 0.05) is 17.6 Å². The molecule has 3 N–H and O–H groups in total. The number of rotatable bonds is 7. The molecule has 0 bridgehead atoms. The lowest BCUT2D eigenvalue weighted by molar-refractivity contribution is -0.122. The third kappa shape index (κ3) is 10.3. The van der Waals surface area contributed by atoms with Crippen molar-refractivity contribution in [2.45, 2.75) is 71.2 Å². The van der Waals surface area contributed by atoms with Gasteiger partial charge in [0.25, 0.3) is 5.91 Å². The van der Waals surface area contributed by atoms with E-state index in [9.17, 15) is 19.2 Å². The van der Waals surface area contributed by atoms with Crippen LogP contribution < -0.4 is 25.6 Å². The Morgan fingerprint density at radius 1 is 0.902 bits per heavy atom. The molecular formula is C29H37ClN4O7. The van der Waals surface area contributed by atoms with Gasteiger partial charge in [-0.2, -0.15) is 0 Å². The molecule has 41 heavy (non-hydrogen) atoms. The van der Waals surface area contributed by atoms with Crippen molar-refractivity contribution in [1.29, 1.82) is 0 Å². The summed E-state index contributed by atoms with van der Waals surface area (Å²) in [6.45, 7) is 10.3. The van der Waals surface area contributed by atoms with Crippen LogP contribution in [0.4, 0.5) is 15.3 Å². The second-order valence-corrected chi connectivity index (χ2v) is 12.0. The number of ether oxygens (including phenoxy) is 3. The zero-order valence-corrected chi connectivity index (χ0v) is 24.8. The predicted molar refractivity (Wildman–Crippen MR) is 154 cm³/mol. The van der Waals surface area contributed by atoms with E-state index in [1.54, 1.807) is 90.1 Å². The molecule has 222 valence electrons. The van der Waals surface area contributed by atoms with Gasteiger partial charge in [0.15, 0.2) is 0 Å². The van der Waals surface area contributed by atoms with Gasteiger partial charge in [0.1, 0.15) is 29.2 Å². The molecule has 1 fully saturated rings. The zero-order chi connectivity index (χ0) is 30.4. The number of nitrogens with one attached hydrogen (secondary N) is 3. The molecule has 0 spiro atoms. The lowest BCUT2D eigenvalue weighted by Gasteiger charge is -2.28. The van der Waals surface area contributed by atoms with Crippen LogP contribution in [0.2, 0.25) is 5.02 Å². The van der Waals surface area contributed by atoms with Crippen LogP contribution in [0.1, 0.15) is 48.0 Å². The molecule has 3 rings (SSSR count). The van der Waals surface area contributed by atoms with Crippen LogP contribution in [0.25, 0.3) is 0 Å². The maximum Gasteiger partial charge on any atom is 0.421 e. The molecule has 2 atom stereocenters. The highest BCUT2D eigenvalue weighted by Crippen LogP contribution is 2.27. The van der Waals surface area contributed by atoms with E-state index in [-0.39, 0.29) is 13.0 Å². The first kappa shape index (κ1) is 31.7. The van der Waals surface area contributed by atoms with E-state index in [0.717, 1.165) is 4.90 Å². The Balaban J connectivity index is 1.66. The van der Waals surface area contributed by atoms with E-state index in [1.165, 1.54) is 0 Å². The summed E-state index contributed by atoms with van der Waals surface area (Å²) in [4.78, 5) is 51.9. The molecule has 4 amide bonds. The van der Waals surface area contributed by atoms with Gasteiger partial charge < -0.3 is 30.2 Å². The highest BCUT2D eigenvalue weighted by molar-refractivity contribution is 6.30. The zero-order valence-electron chi connectivity index (χ0n) is 24.1. The number of benzene rings is 2. The van der Waals surface area contributed by atoms with Gasteiger partial charge in [-0.15, -0.1) is 0 Å². The number of alkyl carbamates (subject to hydrolysis) is 1. The number of amides is 4. The molecule has 12 heteroatoms. The van der Waals surface area contributed by atoms with E-state index in [2.05, 4.69) is 16.0 Å². The predicted octanol–water partition coefficient (Wildman–Crippen LogP) is 4.77. The molecule has 2 aromatic rings. The molecule has 1 saturated heterocycles. The second kappa shape index (κ2) is 13.2. The van der Waals surface area contributed by atoms with Crippen LogP contribution in [0.15, 0.2) is 48.5 Å². The van der Waals surface area contributed by atoms with Crippen molar-refractivity contribution < 1.29 is 33.4 Å². The van der Waals surface area contributed by atoms with E-state index in [4.69, 9.17) is 25.8 Å². The number of hydrogen-bond donors (Lipinski definition) is 3. The summed E-state index contributed by atoms with van der Waals surface area (Å²) in [5.41, 5.74) is -1.23. The Kier molecular flexibility index (Phi) is 10.2. The first-order valence-electron chi connectivity index (χ1n) is 13.2. The number of carbonyl (C=O) groups excluding carboxylic acids is 4. The summed E-state index contributed by atoms with van der Waals surface area (Å²) in [5.74, 6) is 0.103. The molecule has 1 aliphatic rings. The van der Waals surface area contributed by atoms with E-state index >= 15 is 0 Å². The van der Waals surface area contributed by atoms with Gasteiger partial charge >= 0.3 is 12.2 Å². The Morgan fingerprint density at radius 3 is 2.02 bits per heavy atom. The standard InChI is InChI=1S/C29H37ClN4O7/c1-28(2,3)40-26(37)32-17-24(35)33-19-15-23(31-16-19)25(36)34(27(38)41-29(4,5)6)20-9-13-22(14-10-20)39-21-11-7-18(30)8-12-21/h7-14,19,23,31H,15-17H2,1-6H3,(H,32,37)(H,33,35)/t19-,23+/m1/s1. The van der Waals surface area contributed by atoms with E-state index in [1.807, 2.05) is 0 Å². The normalized spacial score (nSPS) is 16.9. The van der Waals surface area contributed by atoms with Gasteiger partial charge in [-0.3, -0.25) is 9.59 Å². The van der Waals surface area contributed by atoms with Crippen LogP contribution in [0.5, 0.6) is 11.5 Å². The van der Waals surface area contributed by atoms with Crippen LogP contribution in [0, 0.1) is 0 Å². The lowest BCUT2D eigenvalue weighted by atomic mass is 10.1. The molecule has 2 aromatic carbocycles. The third-order valence-corrected chi connectivity index (χ3v) is 5.78. The fraction of sp³-hybridized carbons (Fsp3) is 0.448. The third-order valence-electron chi connectivity index (χ3n) is 5.53. The molecule has 0 unspecified atom stereocenters. The number of halogens is 1. The Hall–Kier alpha value is -3.83. The average Bonchev–Trinajstić information content (AvgIpc) is 3.32. The topological polar surface area (TPSA) is 135 Å². The summed E-state index contributed by atoms with van der Waals surface area (Å²) in [6.07, 6.45) is -1.30. The van der Waals surface area contributed by atoms with Crippen LogP contribution in [-0.2, 0) is 19.1 Å². The Labute approximate surface area is 244 Å². The highest BCUT2D eigenvalue weighted by Gasteiger charge is 2.38. The average molecular weight is 589 g/mol. The van der Waals surface area contributed by atoms with Crippen LogP contribution in [-0.4, -0.2) is 60.4 Å². The number of hydrogen-bond acceptors (Lipinski definition) is 8. The fourth-order valence-corrected chi connectivity index (χ4v) is 3.99. The van der Waals surface area contributed by atoms with Crippen molar-refractivity contribution in [1.82, 2.24) is 16.0 Å². The van der Waals surface area contributed by atoms with E-state index < -0.39 is 47.3 Å². The maximum atomic E-state index is 13.6. The molecular weight excluding hydrogens is 552 g/mol. The van der Waals surface area contributed by atoms with Crippen molar-refractivity contribution in [3.8, 4) is 11.5 Å². The van der Waals surface area contributed by atoms with Gasteiger partial charge in [0.05, 0.1) is 11.7 Å². The summed E-state index contributed by atoms with van der Waals surface area (Å²) < 4.78 is 16.5. The van der Waals surface area contributed by atoms with E-state index in [0.29, 0.717) is 28.8 Å². The molecule has 1 aliphatic heterocycles. The smallest absolute Gasteiger partial charge is 0.421 e. The van der Waals surface area contributed by atoms with Gasteiger partial charge in [0.2, 0.25) is 5.91 Å². The highest BCUT2D eigenvalue weighted by atomic mass is 35.5. The summed E-state index contributed by atoms with van der Waals surface area (Å²) >= 11 is 5.93. The minimum Gasteiger partial charge on any atom is -0.457 e. The Morgan fingerprint density at radius 2 is 1.46 bits per heavy atom. The van der Waals surface area contributed by atoms with Crippen LogP contribution >= 0.6 is 11.6 Å². The summed E-state index contributed by atoms with van der Waals surface area (Å²) in [5, 5.41) is 8.82. The molecule has 0 radical (unpaired) electrons. The monoisotopic (exact) mass is 588 g/mol. The van der Waals surface area contributed by atoms with Crippen molar-refractivity contribution >= 4 is 41.3 Å². The fourth-order valence-electron chi connectivity index (χ4n) is 3.87. The number of imide groups is 1. The van der Waals surface area contributed by atoms with Crippen LogP contribution in [0.3, 0.4) is 0 Å². The number of anilines is 1. The summed E-state index contributed by atoms with van der Waals surface area (Å²) in [6, 6.07) is 12.1. The molecule has 0 aliphatic carbocycles. The molecule has 0 saturated carbocycles. The van der Waals surface area contributed by atoms with Crippen molar-refractivity contribution in [3.63, 3.8) is 0 Å². The quantitative estimate of drug-likeness (QED) is 0.421. The molecule has 11 nitrogen and oxygen atoms in total. The number of nitrogens with zero attached hydrogens (tertiary/aromatic N) is 1. The maximum absolute atomic E-state index is 13.6. The van der Waals surface area contributed by atoms with Crippen molar-refractivity contribution in [2.75, 3.05) is 18.0 Å². The molecule has 1 heterocycles. The number of carbonyl (C=O) groups is 4. The van der Waals surface area contributed by atoms with Gasteiger partial charge in [-0.25, -0.2) is 14.5 Å².